The van der Waals surface area contributed by atoms with Gasteiger partial charge in [-0.15, -0.1) is 0 Å². The van der Waals surface area contributed by atoms with Crippen molar-refractivity contribution < 1.29 is 27.5 Å². The molecule has 8 nitrogen and oxygen atoms in total. The van der Waals surface area contributed by atoms with Gasteiger partial charge in [0.25, 0.3) is 0 Å². The average molecular weight is 513 g/mol. The van der Waals surface area contributed by atoms with Gasteiger partial charge < -0.3 is 37.0 Å². The van der Waals surface area contributed by atoms with E-state index in [9.17, 15) is 0 Å². The molecule has 4 rings (SSSR count). The summed E-state index contributed by atoms with van der Waals surface area (Å²) in [5, 5.41) is 0. The smallest absolute Gasteiger partial charge is 0.456 e. The third kappa shape index (κ3) is 5.73. The highest BCUT2D eigenvalue weighted by molar-refractivity contribution is 6.60. The average Bonchev–Trinajstić information content (AvgIpc) is 3.18. The van der Waals surface area contributed by atoms with Gasteiger partial charge in [-0.25, -0.2) is 0 Å². The maximum atomic E-state index is 6.34. The third-order valence-electron chi connectivity index (χ3n) is 6.36. The molecule has 0 unspecified atom stereocenters. The van der Waals surface area contributed by atoms with Crippen molar-refractivity contribution in [2.45, 2.75) is 19.4 Å². The van der Waals surface area contributed by atoms with Gasteiger partial charge in [-0.05, 0) is 38.4 Å². The van der Waals surface area contributed by atoms with Crippen LogP contribution in [0.3, 0.4) is 0 Å². The van der Waals surface area contributed by atoms with Crippen molar-refractivity contribution in [3.8, 4) is 33.9 Å². The van der Waals surface area contributed by atoms with E-state index >= 15 is 0 Å². The third-order valence-corrected chi connectivity index (χ3v) is 9.04. The van der Waals surface area contributed by atoms with Crippen LogP contribution in [-0.2, 0) is 36.1 Å². The molecule has 194 valence electrons. The minimum Gasteiger partial charge on any atom is -0.456 e. The Morgan fingerprint density at radius 3 is 2.11 bits per heavy atom. The van der Waals surface area contributed by atoms with Gasteiger partial charge in [-0.3, -0.25) is 0 Å². The first-order chi connectivity index (χ1) is 17.5. The number of hydrogen-bond donors (Lipinski definition) is 0. The zero-order valence-corrected chi connectivity index (χ0v) is 22.8. The number of hydrogen-bond acceptors (Lipinski definition) is 7. The molecule has 9 heteroatoms. The van der Waals surface area contributed by atoms with Crippen LogP contribution in [-0.4, -0.2) is 73.5 Å². The van der Waals surface area contributed by atoms with Crippen LogP contribution < -0.4 is 4.74 Å². The number of para-hydroxylation sites is 2. The van der Waals surface area contributed by atoms with Crippen LogP contribution in [0.4, 0.5) is 0 Å². The Labute approximate surface area is 214 Å². The molecule has 1 aliphatic rings. The summed E-state index contributed by atoms with van der Waals surface area (Å²) in [7, 11) is 6.21. The molecule has 0 N–H and O–H groups in total. The molecule has 0 saturated heterocycles. The molecule has 1 aliphatic heterocycles. The van der Waals surface area contributed by atoms with Gasteiger partial charge in [0.1, 0.15) is 18.2 Å². The van der Waals surface area contributed by atoms with E-state index in [2.05, 4.69) is 27.7 Å². The lowest BCUT2D eigenvalue weighted by molar-refractivity contribution is 0.0572. The number of rotatable bonds is 13. The van der Waals surface area contributed by atoms with E-state index in [0.29, 0.717) is 32.6 Å². The summed E-state index contributed by atoms with van der Waals surface area (Å²) in [6, 6.07) is 19.0. The Balaban J connectivity index is 1.68. The quantitative estimate of drug-likeness (QED) is 0.187. The molecule has 0 fully saturated rings. The first-order valence-corrected chi connectivity index (χ1v) is 14.0. The molecule has 3 aromatic rings. The van der Waals surface area contributed by atoms with Crippen molar-refractivity contribution in [2.24, 2.45) is 0 Å². The molecule has 0 saturated carbocycles. The predicted octanol–water partition coefficient (Wildman–Crippen LogP) is 4.86. The van der Waals surface area contributed by atoms with E-state index in [0.717, 1.165) is 46.1 Å². The fraction of sp³-hybridized carbons (Fsp3) is 0.407. The number of aromatic nitrogens is 1. The summed E-state index contributed by atoms with van der Waals surface area (Å²) in [4.78, 5) is 2.11. The number of fused-ring (bicyclic) bond motifs is 5. The lowest BCUT2D eigenvalue weighted by Crippen LogP contribution is -2.43. The van der Waals surface area contributed by atoms with Crippen LogP contribution in [0.1, 0.15) is 5.69 Å². The molecular weight excluding hydrogens is 476 g/mol. The van der Waals surface area contributed by atoms with E-state index in [1.165, 1.54) is 0 Å². The Hall–Kier alpha value is -2.50. The molecule has 0 atom stereocenters. The Morgan fingerprint density at radius 1 is 0.806 bits per heavy atom. The molecule has 0 spiro atoms. The van der Waals surface area contributed by atoms with E-state index in [1.807, 2.05) is 50.5 Å². The minimum atomic E-state index is -2.72. The second-order valence-corrected chi connectivity index (χ2v) is 11.9. The summed E-state index contributed by atoms with van der Waals surface area (Å²) >= 11 is 0. The molecule has 0 amide bonds. The largest absolute Gasteiger partial charge is 0.502 e. The first kappa shape index (κ1) is 26.6. The molecule has 2 heterocycles. The van der Waals surface area contributed by atoms with Crippen molar-refractivity contribution in [3.63, 3.8) is 0 Å². The van der Waals surface area contributed by atoms with Gasteiger partial charge in [-0.2, -0.15) is 0 Å². The van der Waals surface area contributed by atoms with Gasteiger partial charge in [-0.1, -0.05) is 30.3 Å². The second kappa shape index (κ2) is 12.2. The fourth-order valence-corrected chi connectivity index (χ4v) is 5.85. The van der Waals surface area contributed by atoms with Crippen LogP contribution in [0.25, 0.3) is 22.4 Å². The molecule has 2 aromatic carbocycles. The van der Waals surface area contributed by atoms with Gasteiger partial charge in [0, 0.05) is 56.3 Å². The minimum absolute atomic E-state index is 0.347. The molecule has 0 bridgehead atoms. The van der Waals surface area contributed by atoms with Crippen molar-refractivity contribution in [1.82, 2.24) is 9.47 Å². The van der Waals surface area contributed by atoms with E-state index in [1.54, 1.807) is 21.3 Å². The monoisotopic (exact) mass is 512 g/mol. The summed E-state index contributed by atoms with van der Waals surface area (Å²) in [5.74, 6) is 1.64. The second-order valence-electron chi connectivity index (χ2n) is 8.86. The highest BCUT2D eigenvalue weighted by Gasteiger charge is 2.37. The first-order valence-electron chi connectivity index (χ1n) is 12.1. The molecule has 36 heavy (non-hydrogen) atoms. The van der Waals surface area contributed by atoms with Crippen LogP contribution in [0, 0.1) is 0 Å². The standard InChI is InChI=1S/C27H36N2O6Si/c1-28(2)14-15-33-19-21-18-24-22-10-6-8-12-25(22)35-26-13-9-7-11-23(26)27(24)29(21)20-34-16-17-36(30-3,31-4)32-5/h6-13,18H,14-17,19-20H2,1-5H3. The summed E-state index contributed by atoms with van der Waals surface area (Å²) in [6.45, 7) is 2.75. The highest BCUT2D eigenvalue weighted by atomic mass is 28.4. The summed E-state index contributed by atoms with van der Waals surface area (Å²) in [6.07, 6.45) is 0. The maximum Gasteiger partial charge on any atom is 0.502 e. The lowest BCUT2D eigenvalue weighted by atomic mass is 10.0. The van der Waals surface area contributed by atoms with Crippen molar-refractivity contribution >= 4 is 8.80 Å². The maximum absolute atomic E-state index is 6.34. The van der Waals surface area contributed by atoms with Gasteiger partial charge in [0.05, 0.1) is 25.5 Å². The summed E-state index contributed by atoms with van der Waals surface area (Å²) < 4.78 is 37.4. The molecule has 1 aromatic heterocycles. The number of nitrogens with zero attached hydrogens (tertiary/aromatic N) is 2. The summed E-state index contributed by atoms with van der Waals surface area (Å²) in [5.41, 5.74) is 5.25. The van der Waals surface area contributed by atoms with Gasteiger partial charge >= 0.3 is 8.80 Å². The lowest BCUT2D eigenvalue weighted by Gasteiger charge is -2.24. The molecule has 0 aliphatic carbocycles. The Morgan fingerprint density at radius 2 is 1.44 bits per heavy atom. The van der Waals surface area contributed by atoms with Crippen LogP contribution in [0.15, 0.2) is 54.6 Å². The van der Waals surface area contributed by atoms with E-state index in [4.69, 9.17) is 27.5 Å². The van der Waals surface area contributed by atoms with Gasteiger partial charge in [0.2, 0.25) is 0 Å². The normalized spacial score (nSPS) is 12.6. The predicted molar refractivity (Wildman–Crippen MR) is 141 cm³/mol. The SMILES string of the molecule is CO[Si](CCOCn1c(COCCN(C)C)cc2c1-c1ccccc1Oc1ccccc1-2)(OC)OC. The zero-order chi connectivity index (χ0) is 25.5. The topological polar surface area (TPSA) is 63.6 Å². The number of likely N-dealkylation sites (N-methyl/N-ethyl adjacent to an activating group) is 1. The van der Waals surface area contributed by atoms with Crippen LogP contribution in [0.2, 0.25) is 6.04 Å². The van der Waals surface area contributed by atoms with Crippen molar-refractivity contribution in [1.29, 1.82) is 0 Å². The van der Waals surface area contributed by atoms with Crippen LogP contribution in [0.5, 0.6) is 11.5 Å². The van der Waals surface area contributed by atoms with E-state index in [-0.39, 0.29) is 0 Å². The number of benzene rings is 2. The van der Waals surface area contributed by atoms with E-state index < -0.39 is 8.80 Å². The molecular formula is C27H36N2O6Si. The number of ether oxygens (including phenoxy) is 3. The van der Waals surface area contributed by atoms with Crippen molar-refractivity contribution in [3.05, 3.63) is 60.3 Å². The highest BCUT2D eigenvalue weighted by Crippen LogP contribution is 2.47. The molecule has 0 radical (unpaired) electrons. The van der Waals surface area contributed by atoms with Crippen molar-refractivity contribution in [2.75, 3.05) is 55.2 Å². The van der Waals surface area contributed by atoms with Gasteiger partial charge in [0.15, 0.2) is 0 Å². The van der Waals surface area contributed by atoms with Crippen LogP contribution >= 0.6 is 0 Å². The fourth-order valence-electron chi connectivity index (χ4n) is 4.35. The Kier molecular flexibility index (Phi) is 8.97. The Bertz CT molecular complexity index is 1140. The zero-order valence-electron chi connectivity index (χ0n) is 21.8.